The largest absolute Gasteiger partial charge is 0.497 e. The molecule has 4 rings (SSSR count). The van der Waals surface area contributed by atoms with Crippen molar-refractivity contribution in [2.75, 3.05) is 59.0 Å². The van der Waals surface area contributed by atoms with Gasteiger partial charge in [-0.05, 0) is 36.9 Å². The Kier molecular flexibility index (Phi) is 6.77. The number of anilines is 1. The number of nitrogens with one attached hydrogen (secondary N) is 2. The number of fused-ring (bicyclic) bond motifs is 1. The van der Waals surface area contributed by atoms with E-state index in [2.05, 4.69) is 27.5 Å². The van der Waals surface area contributed by atoms with E-state index in [1.54, 1.807) is 31.4 Å². The van der Waals surface area contributed by atoms with E-state index in [-0.39, 0.29) is 12.8 Å². The van der Waals surface area contributed by atoms with Crippen LogP contribution in [0.15, 0.2) is 42.5 Å². The molecule has 2 aliphatic rings. The molecule has 2 heterocycles. The Bertz CT molecular complexity index is 975. The quantitative estimate of drug-likeness (QED) is 0.657. The molecule has 0 aliphatic carbocycles. The maximum Gasteiger partial charge on any atom is 0.313 e. The molecule has 32 heavy (non-hydrogen) atoms. The van der Waals surface area contributed by atoms with Gasteiger partial charge in [0, 0.05) is 44.5 Å². The number of hydrogen-bond donors (Lipinski definition) is 2. The molecule has 2 amide bonds. The topological polar surface area (TPSA) is 92.4 Å². The maximum absolute atomic E-state index is 12.5. The zero-order valence-electron chi connectivity index (χ0n) is 18.3. The molecule has 2 N–H and O–H groups in total. The highest BCUT2D eigenvalue weighted by molar-refractivity contribution is 6.39. The molecule has 2 aromatic carbocycles. The number of likely N-dealkylation sites (N-methyl/N-ethyl adjacent to an activating group) is 1. The van der Waals surface area contributed by atoms with Crippen LogP contribution in [0.4, 0.5) is 5.69 Å². The molecule has 0 aromatic heterocycles. The third kappa shape index (κ3) is 5.12. The summed E-state index contributed by atoms with van der Waals surface area (Å²) < 4.78 is 16.1. The molecule has 9 nitrogen and oxygen atoms in total. The van der Waals surface area contributed by atoms with Gasteiger partial charge in [-0.1, -0.05) is 12.1 Å². The minimum atomic E-state index is -0.721. The Labute approximate surface area is 187 Å². The smallest absolute Gasteiger partial charge is 0.313 e. The van der Waals surface area contributed by atoms with Crippen LogP contribution in [0.25, 0.3) is 0 Å². The Morgan fingerprint density at radius 1 is 1.03 bits per heavy atom. The minimum Gasteiger partial charge on any atom is -0.497 e. The number of benzene rings is 2. The second kappa shape index (κ2) is 9.88. The summed E-state index contributed by atoms with van der Waals surface area (Å²) >= 11 is 0. The molecule has 2 aromatic rings. The Balaban J connectivity index is 1.43. The van der Waals surface area contributed by atoms with Gasteiger partial charge in [0.2, 0.25) is 6.79 Å². The zero-order valence-corrected chi connectivity index (χ0v) is 18.3. The lowest BCUT2D eigenvalue weighted by Gasteiger charge is -2.38. The van der Waals surface area contributed by atoms with Gasteiger partial charge in [-0.15, -0.1) is 0 Å². The molecule has 0 spiro atoms. The van der Waals surface area contributed by atoms with Gasteiger partial charge in [-0.3, -0.25) is 14.5 Å². The minimum absolute atomic E-state index is 0.0910. The summed E-state index contributed by atoms with van der Waals surface area (Å²) in [5.74, 6) is 0.603. The maximum atomic E-state index is 12.5. The van der Waals surface area contributed by atoms with Crippen LogP contribution >= 0.6 is 0 Å². The second-order valence-corrected chi connectivity index (χ2v) is 7.86. The number of carbonyl (C=O) groups is 2. The van der Waals surface area contributed by atoms with Gasteiger partial charge in [0.25, 0.3) is 0 Å². The van der Waals surface area contributed by atoms with E-state index in [1.807, 2.05) is 18.2 Å². The summed E-state index contributed by atoms with van der Waals surface area (Å²) in [7, 11) is 3.64. The number of amides is 2. The van der Waals surface area contributed by atoms with E-state index in [0.717, 1.165) is 31.7 Å². The monoisotopic (exact) mass is 440 g/mol. The van der Waals surface area contributed by atoms with E-state index < -0.39 is 11.8 Å². The highest BCUT2D eigenvalue weighted by Gasteiger charge is 2.27. The number of nitrogens with zero attached hydrogens (tertiary/aromatic N) is 2. The summed E-state index contributed by atoms with van der Waals surface area (Å²) in [6.45, 7) is 4.10. The van der Waals surface area contributed by atoms with Crippen molar-refractivity contribution in [3.63, 3.8) is 0 Å². The van der Waals surface area contributed by atoms with Crippen molar-refractivity contribution in [2.24, 2.45) is 0 Å². The first kappa shape index (κ1) is 21.9. The van der Waals surface area contributed by atoms with Crippen molar-refractivity contribution < 1.29 is 23.8 Å². The molecule has 1 atom stereocenters. The van der Waals surface area contributed by atoms with Gasteiger partial charge in [-0.25, -0.2) is 0 Å². The van der Waals surface area contributed by atoms with Crippen molar-refractivity contribution in [3.05, 3.63) is 48.0 Å². The fraction of sp³-hybridized carbons (Fsp3) is 0.391. The molecule has 0 bridgehead atoms. The first-order valence-corrected chi connectivity index (χ1v) is 10.6. The van der Waals surface area contributed by atoms with Gasteiger partial charge < -0.3 is 29.7 Å². The highest BCUT2D eigenvalue weighted by atomic mass is 16.7. The summed E-state index contributed by atoms with van der Waals surface area (Å²) in [5.41, 5.74) is 1.50. The van der Waals surface area contributed by atoms with Crippen LogP contribution in [0.3, 0.4) is 0 Å². The standard InChI is InChI=1S/C23H28N4O5/c1-26-8-10-27(11-9-26)19(16-6-7-20-21(12-16)32-15-31-20)14-24-22(28)23(29)25-17-4-3-5-18(13-17)30-2/h3-7,12-13,19H,8-11,14-15H2,1-2H3,(H,24,28)(H,25,29)/t19-/m1/s1. The summed E-state index contributed by atoms with van der Waals surface area (Å²) in [6.07, 6.45) is 0. The average molecular weight is 441 g/mol. The van der Waals surface area contributed by atoms with Gasteiger partial charge in [0.1, 0.15) is 5.75 Å². The predicted molar refractivity (Wildman–Crippen MR) is 119 cm³/mol. The molecule has 0 saturated carbocycles. The lowest BCUT2D eigenvalue weighted by atomic mass is 10.0. The number of rotatable bonds is 6. The van der Waals surface area contributed by atoms with Gasteiger partial charge in [-0.2, -0.15) is 0 Å². The van der Waals surface area contributed by atoms with E-state index >= 15 is 0 Å². The van der Waals surface area contributed by atoms with Gasteiger partial charge >= 0.3 is 11.8 Å². The van der Waals surface area contributed by atoms with Crippen LogP contribution in [0.1, 0.15) is 11.6 Å². The number of hydrogen-bond acceptors (Lipinski definition) is 7. The number of piperazine rings is 1. The zero-order chi connectivity index (χ0) is 22.5. The van der Waals surface area contributed by atoms with E-state index in [0.29, 0.717) is 29.5 Å². The molecule has 9 heteroatoms. The summed E-state index contributed by atoms with van der Waals surface area (Å²) in [4.78, 5) is 29.5. The molecule has 1 saturated heterocycles. The van der Waals surface area contributed by atoms with Crippen LogP contribution in [-0.4, -0.2) is 75.3 Å². The van der Waals surface area contributed by atoms with Crippen LogP contribution in [0.2, 0.25) is 0 Å². The predicted octanol–water partition coefficient (Wildman–Crippen LogP) is 1.47. The molecular formula is C23H28N4O5. The molecule has 1 fully saturated rings. The van der Waals surface area contributed by atoms with Crippen molar-refractivity contribution in [2.45, 2.75) is 6.04 Å². The molecule has 0 radical (unpaired) electrons. The average Bonchev–Trinajstić information content (AvgIpc) is 3.28. The first-order valence-electron chi connectivity index (χ1n) is 10.6. The number of methoxy groups -OCH3 is 1. The van der Waals surface area contributed by atoms with Crippen molar-refractivity contribution in [3.8, 4) is 17.2 Å². The Morgan fingerprint density at radius 3 is 2.59 bits per heavy atom. The first-order chi connectivity index (χ1) is 15.5. The molecule has 2 aliphatic heterocycles. The van der Waals surface area contributed by atoms with E-state index in [1.165, 1.54) is 0 Å². The highest BCUT2D eigenvalue weighted by Crippen LogP contribution is 2.35. The van der Waals surface area contributed by atoms with Gasteiger partial charge in [0.15, 0.2) is 11.5 Å². The Hall–Kier alpha value is -3.30. The third-order valence-corrected chi connectivity index (χ3v) is 5.75. The summed E-state index contributed by atoms with van der Waals surface area (Å²) in [6, 6.07) is 12.6. The van der Waals surface area contributed by atoms with E-state index in [9.17, 15) is 9.59 Å². The fourth-order valence-electron chi connectivity index (χ4n) is 3.87. The van der Waals surface area contributed by atoms with Crippen LogP contribution in [-0.2, 0) is 9.59 Å². The summed E-state index contributed by atoms with van der Waals surface area (Å²) in [5, 5.41) is 5.41. The third-order valence-electron chi connectivity index (χ3n) is 5.75. The molecule has 0 unspecified atom stereocenters. The number of carbonyl (C=O) groups excluding carboxylic acids is 2. The number of ether oxygens (including phenoxy) is 3. The second-order valence-electron chi connectivity index (χ2n) is 7.86. The van der Waals surface area contributed by atoms with Crippen LogP contribution in [0, 0.1) is 0 Å². The van der Waals surface area contributed by atoms with Gasteiger partial charge in [0.05, 0.1) is 13.2 Å². The lowest BCUT2D eigenvalue weighted by molar-refractivity contribution is -0.136. The lowest BCUT2D eigenvalue weighted by Crippen LogP contribution is -2.49. The molecular weight excluding hydrogens is 412 g/mol. The SMILES string of the molecule is COc1cccc(NC(=O)C(=O)NC[C@H](c2ccc3c(c2)OCO3)N2CCN(C)CC2)c1. The van der Waals surface area contributed by atoms with Crippen molar-refractivity contribution in [1.82, 2.24) is 15.1 Å². The molecule has 170 valence electrons. The fourth-order valence-corrected chi connectivity index (χ4v) is 3.87. The van der Waals surface area contributed by atoms with Crippen LogP contribution in [0.5, 0.6) is 17.2 Å². The van der Waals surface area contributed by atoms with Crippen molar-refractivity contribution >= 4 is 17.5 Å². The van der Waals surface area contributed by atoms with E-state index in [4.69, 9.17) is 14.2 Å². The Morgan fingerprint density at radius 2 is 1.81 bits per heavy atom. The normalized spacial score (nSPS) is 16.9. The van der Waals surface area contributed by atoms with Crippen molar-refractivity contribution in [1.29, 1.82) is 0 Å². The van der Waals surface area contributed by atoms with Crippen LogP contribution < -0.4 is 24.8 Å².